The predicted molar refractivity (Wildman–Crippen MR) is 35.3 cm³/mol. The van der Waals surface area contributed by atoms with Gasteiger partial charge in [0.05, 0.1) is 6.61 Å². The summed E-state index contributed by atoms with van der Waals surface area (Å²) in [6.07, 6.45) is -2.78. The molecule has 2 atom stereocenters. The predicted octanol–water partition coefficient (Wildman–Crippen LogP) is -1.41. The molecule has 1 rings (SSSR count). The molecule has 1 unspecified atom stereocenters. The van der Waals surface area contributed by atoms with Crippen molar-refractivity contribution in [2.24, 2.45) is 0 Å². The van der Waals surface area contributed by atoms with Crippen LogP contribution in [0.2, 0.25) is 0 Å². The summed E-state index contributed by atoms with van der Waals surface area (Å²) in [5.74, 6) is -2.78. The Morgan fingerprint density at radius 3 is 2.31 bits per heavy atom. The Labute approximate surface area is 86.2 Å². The molecule has 0 radical (unpaired) electrons. The zero-order valence-corrected chi connectivity index (χ0v) is 9.64. The van der Waals surface area contributed by atoms with Gasteiger partial charge in [-0.2, -0.15) is 0 Å². The fourth-order valence-corrected chi connectivity index (χ4v) is 0.823. The van der Waals surface area contributed by atoms with Gasteiger partial charge in [-0.1, -0.05) is 0 Å². The van der Waals surface area contributed by atoms with Crippen LogP contribution in [0, 0.1) is 0 Å². The molecule has 4 N–H and O–H groups in total. The number of carbonyl (C=O) groups excluding carboxylic acids is 1. The Bertz CT molecular complexity index is 237. The molecule has 0 saturated carbocycles. The largest absolute Gasteiger partial charge is 0.505 e. The molecule has 1 aliphatic heterocycles. The number of esters is 1. The third-order valence-electron chi connectivity index (χ3n) is 1.48. The summed E-state index contributed by atoms with van der Waals surface area (Å²) < 4.78 is 4.32. The molecule has 6 nitrogen and oxygen atoms in total. The molecule has 0 saturated heterocycles. The van der Waals surface area contributed by atoms with Crippen molar-refractivity contribution in [3.05, 3.63) is 11.5 Å². The molecule has 0 aromatic heterocycles. The smallest absolute Gasteiger partial charge is 0.377 e. The van der Waals surface area contributed by atoms with Crippen LogP contribution in [0.25, 0.3) is 0 Å². The van der Waals surface area contributed by atoms with Gasteiger partial charge >= 0.3 is 5.97 Å². The number of ether oxygens (including phenoxy) is 1. The minimum absolute atomic E-state index is 0. The van der Waals surface area contributed by atoms with Gasteiger partial charge in [-0.05, 0) is 0 Å². The van der Waals surface area contributed by atoms with Crippen LogP contribution in [0.15, 0.2) is 11.5 Å². The average molecular weight is 242 g/mol. The van der Waals surface area contributed by atoms with Gasteiger partial charge in [0.15, 0.2) is 11.9 Å². The second-order valence-electron chi connectivity index (χ2n) is 2.31. The molecule has 7 heteroatoms. The van der Waals surface area contributed by atoms with Crippen molar-refractivity contribution in [3.63, 3.8) is 0 Å². The zero-order chi connectivity index (χ0) is 9.30. The van der Waals surface area contributed by atoms with E-state index in [0.717, 1.165) is 0 Å². The standard InChI is InChI=1S/C6H8O6.Zn/c7-1-2(8)5-3(9)4(10)6(11)12-5;/h2,5,7-10H,1H2;/t2?,5-;/m1./s1. The second kappa shape index (κ2) is 4.55. The van der Waals surface area contributed by atoms with Crippen molar-refractivity contribution in [1.29, 1.82) is 0 Å². The monoisotopic (exact) mass is 240 g/mol. The van der Waals surface area contributed by atoms with Gasteiger partial charge in [0.25, 0.3) is 0 Å². The molecule has 0 amide bonds. The van der Waals surface area contributed by atoms with Gasteiger partial charge in [0.2, 0.25) is 5.76 Å². The summed E-state index contributed by atoms with van der Waals surface area (Å²) in [6, 6.07) is 0. The molecule has 0 fully saturated rings. The van der Waals surface area contributed by atoms with Gasteiger partial charge in [0.1, 0.15) is 6.10 Å². The first-order chi connectivity index (χ1) is 5.57. The van der Waals surface area contributed by atoms with Crippen LogP contribution in [0.3, 0.4) is 0 Å². The number of rotatable bonds is 2. The third kappa shape index (κ3) is 2.18. The van der Waals surface area contributed by atoms with Crippen LogP contribution >= 0.6 is 0 Å². The fourth-order valence-electron chi connectivity index (χ4n) is 0.823. The Hall–Kier alpha value is -0.647. The summed E-state index contributed by atoms with van der Waals surface area (Å²) in [4.78, 5) is 10.5. The zero-order valence-electron chi connectivity index (χ0n) is 6.67. The van der Waals surface area contributed by atoms with E-state index >= 15 is 0 Å². The van der Waals surface area contributed by atoms with E-state index in [1.165, 1.54) is 0 Å². The van der Waals surface area contributed by atoms with Crippen molar-refractivity contribution in [2.45, 2.75) is 12.2 Å². The van der Waals surface area contributed by atoms with Crippen LogP contribution in [0.5, 0.6) is 0 Å². The van der Waals surface area contributed by atoms with Crippen LogP contribution in [0.4, 0.5) is 0 Å². The SMILES string of the molecule is O=C1O[C@H](C(O)CO)C(O)=C1O.[Zn]. The Balaban J connectivity index is 0.00000144. The van der Waals surface area contributed by atoms with Gasteiger partial charge in [0, 0.05) is 19.5 Å². The van der Waals surface area contributed by atoms with Crippen molar-refractivity contribution in [3.8, 4) is 0 Å². The maximum absolute atomic E-state index is 10.5. The van der Waals surface area contributed by atoms with E-state index in [-0.39, 0.29) is 19.5 Å². The first-order valence-corrected chi connectivity index (χ1v) is 3.20. The second-order valence-corrected chi connectivity index (χ2v) is 2.31. The van der Waals surface area contributed by atoms with E-state index in [2.05, 4.69) is 4.74 Å². The Kier molecular flexibility index (Phi) is 4.32. The van der Waals surface area contributed by atoms with Crippen LogP contribution in [-0.2, 0) is 29.0 Å². The summed E-state index contributed by atoms with van der Waals surface area (Å²) >= 11 is 0. The molecule has 13 heavy (non-hydrogen) atoms. The Morgan fingerprint density at radius 1 is 1.46 bits per heavy atom. The topological polar surface area (TPSA) is 107 Å². The molecule has 1 heterocycles. The first kappa shape index (κ1) is 12.4. The number of hydrogen-bond donors (Lipinski definition) is 4. The van der Waals surface area contributed by atoms with Crippen molar-refractivity contribution < 1.29 is 49.4 Å². The van der Waals surface area contributed by atoms with Crippen LogP contribution < -0.4 is 0 Å². The summed E-state index contributed by atoms with van der Waals surface area (Å²) in [6.45, 7) is -0.671. The van der Waals surface area contributed by atoms with Crippen LogP contribution in [-0.4, -0.2) is 45.2 Å². The number of hydrogen-bond acceptors (Lipinski definition) is 6. The molecule has 0 spiro atoms. The Morgan fingerprint density at radius 2 is 2.00 bits per heavy atom. The number of cyclic esters (lactones) is 1. The van der Waals surface area contributed by atoms with Crippen molar-refractivity contribution >= 4 is 5.97 Å². The molecule has 1 aliphatic rings. The molecule has 0 aromatic rings. The van der Waals surface area contributed by atoms with Gasteiger partial charge in [-0.25, -0.2) is 4.79 Å². The summed E-state index contributed by atoms with van der Waals surface area (Å²) in [5.41, 5.74) is 0. The molecule has 70 valence electrons. The number of carbonyl (C=O) groups is 1. The van der Waals surface area contributed by atoms with E-state index in [1.807, 2.05) is 0 Å². The normalized spacial score (nSPS) is 23.8. The number of aliphatic hydroxyl groups excluding tert-OH is 4. The maximum Gasteiger partial charge on any atom is 0.377 e. The van der Waals surface area contributed by atoms with E-state index in [4.69, 9.17) is 20.4 Å². The van der Waals surface area contributed by atoms with E-state index in [9.17, 15) is 4.79 Å². The molecule has 0 bridgehead atoms. The quantitative estimate of drug-likeness (QED) is 0.350. The summed E-state index contributed by atoms with van der Waals surface area (Å²) in [7, 11) is 0. The maximum atomic E-state index is 10.5. The molecule has 0 aromatic carbocycles. The van der Waals surface area contributed by atoms with Crippen molar-refractivity contribution in [1.82, 2.24) is 0 Å². The van der Waals surface area contributed by atoms with E-state index in [1.54, 1.807) is 0 Å². The molecular weight excluding hydrogens is 233 g/mol. The van der Waals surface area contributed by atoms with Gasteiger partial charge < -0.3 is 25.2 Å². The summed E-state index contributed by atoms with van der Waals surface area (Å²) in [5, 5.41) is 35.0. The van der Waals surface area contributed by atoms with Gasteiger partial charge in [-0.3, -0.25) is 0 Å². The van der Waals surface area contributed by atoms with E-state index < -0.39 is 36.3 Å². The van der Waals surface area contributed by atoms with Crippen molar-refractivity contribution in [2.75, 3.05) is 6.61 Å². The minimum Gasteiger partial charge on any atom is -0.505 e. The molecule has 0 aliphatic carbocycles. The van der Waals surface area contributed by atoms with Gasteiger partial charge in [-0.15, -0.1) is 0 Å². The average Bonchev–Trinajstić information content (AvgIpc) is 2.32. The minimum atomic E-state index is -1.42. The third-order valence-corrected chi connectivity index (χ3v) is 1.48. The first-order valence-electron chi connectivity index (χ1n) is 3.20. The van der Waals surface area contributed by atoms with E-state index in [0.29, 0.717) is 0 Å². The van der Waals surface area contributed by atoms with Crippen LogP contribution in [0.1, 0.15) is 0 Å². The number of aliphatic hydroxyl groups is 4. The molecular formula is C6H8O6Zn. The fraction of sp³-hybridized carbons (Fsp3) is 0.500.